The predicted molar refractivity (Wildman–Crippen MR) is 102 cm³/mol. The molecule has 2 heterocycles. The number of aromatic nitrogens is 4. The van der Waals surface area contributed by atoms with Gasteiger partial charge >= 0.3 is 0 Å². The summed E-state index contributed by atoms with van der Waals surface area (Å²) >= 11 is 7.43. The number of anilines is 2. The average Bonchev–Trinajstić information content (AvgIpc) is 3.28. The maximum Gasteiger partial charge on any atom is 0.189 e. The Labute approximate surface area is 162 Å². The molecule has 0 radical (unpaired) electrons. The standard InChI is InChI=1S/C18H12ClF2N5S/c1-10-2-4-12(7-14(10)19)24-18-25-16(13-5-3-11(20)6-15(13)21)17(27-18)26-9-22-8-23-26/h2-9H,1H3,(H,24,25). The molecule has 5 nitrogen and oxygen atoms in total. The molecule has 0 bridgehead atoms. The zero-order chi connectivity index (χ0) is 19.0. The van der Waals surface area contributed by atoms with E-state index in [1.807, 2.05) is 19.1 Å². The van der Waals surface area contributed by atoms with Gasteiger partial charge in [-0.15, -0.1) is 0 Å². The third kappa shape index (κ3) is 3.54. The van der Waals surface area contributed by atoms with E-state index in [4.69, 9.17) is 11.6 Å². The number of hydrogen-bond acceptors (Lipinski definition) is 5. The molecule has 0 aliphatic heterocycles. The van der Waals surface area contributed by atoms with E-state index in [0.717, 1.165) is 17.3 Å². The fourth-order valence-electron chi connectivity index (χ4n) is 2.48. The van der Waals surface area contributed by atoms with Gasteiger partial charge in [0.25, 0.3) is 0 Å². The minimum atomic E-state index is -0.702. The fourth-order valence-corrected chi connectivity index (χ4v) is 3.59. The van der Waals surface area contributed by atoms with Gasteiger partial charge in [0.1, 0.15) is 35.0 Å². The van der Waals surface area contributed by atoms with Crippen LogP contribution in [0.15, 0.2) is 49.1 Å². The van der Waals surface area contributed by atoms with E-state index in [1.165, 1.54) is 40.8 Å². The lowest BCUT2D eigenvalue weighted by molar-refractivity contribution is 0.585. The first-order valence-corrected chi connectivity index (χ1v) is 9.05. The Morgan fingerprint density at radius 1 is 1.15 bits per heavy atom. The van der Waals surface area contributed by atoms with Crippen LogP contribution >= 0.6 is 22.9 Å². The number of hydrogen-bond donors (Lipinski definition) is 1. The molecule has 136 valence electrons. The number of nitrogens with zero attached hydrogens (tertiary/aromatic N) is 4. The van der Waals surface area contributed by atoms with Crippen LogP contribution in [0, 0.1) is 18.6 Å². The minimum absolute atomic E-state index is 0.174. The van der Waals surface area contributed by atoms with E-state index in [2.05, 4.69) is 20.4 Å². The highest BCUT2D eigenvalue weighted by atomic mass is 35.5. The molecular formula is C18H12ClF2N5S. The average molecular weight is 404 g/mol. The molecule has 0 aliphatic rings. The molecule has 0 unspecified atom stereocenters. The summed E-state index contributed by atoms with van der Waals surface area (Å²) in [4.78, 5) is 8.41. The van der Waals surface area contributed by atoms with Gasteiger partial charge in [-0.3, -0.25) is 0 Å². The van der Waals surface area contributed by atoms with Gasteiger partial charge < -0.3 is 5.32 Å². The van der Waals surface area contributed by atoms with E-state index in [1.54, 1.807) is 6.07 Å². The molecule has 27 heavy (non-hydrogen) atoms. The number of nitrogens with one attached hydrogen (secondary N) is 1. The number of aryl methyl sites for hydroxylation is 1. The van der Waals surface area contributed by atoms with Crippen molar-refractivity contribution in [3.63, 3.8) is 0 Å². The first-order valence-electron chi connectivity index (χ1n) is 7.85. The molecule has 9 heteroatoms. The third-order valence-electron chi connectivity index (χ3n) is 3.85. The van der Waals surface area contributed by atoms with Gasteiger partial charge in [0, 0.05) is 22.3 Å². The molecule has 1 N–H and O–H groups in total. The van der Waals surface area contributed by atoms with Crippen LogP contribution in [0.5, 0.6) is 0 Å². The van der Waals surface area contributed by atoms with Crippen molar-refractivity contribution in [2.75, 3.05) is 5.32 Å². The zero-order valence-corrected chi connectivity index (χ0v) is 15.5. The fraction of sp³-hybridized carbons (Fsp3) is 0.0556. The van der Waals surface area contributed by atoms with E-state index in [0.29, 0.717) is 20.8 Å². The molecule has 4 rings (SSSR count). The van der Waals surface area contributed by atoms with Crippen LogP contribution < -0.4 is 5.32 Å². The number of thiazole rings is 1. The second-order valence-corrected chi connectivity index (χ2v) is 7.11. The Hall–Kier alpha value is -2.84. The number of benzene rings is 2. The van der Waals surface area contributed by atoms with E-state index in [9.17, 15) is 8.78 Å². The van der Waals surface area contributed by atoms with Gasteiger partial charge in [-0.1, -0.05) is 29.0 Å². The van der Waals surface area contributed by atoms with Crippen LogP contribution in [0.2, 0.25) is 5.02 Å². The van der Waals surface area contributed by atoms with E-state index < -0.39 is 11.6 Å². The van der Waals surface area contributed by atoms with Crippen molar-refractivity contribution in [3.8, 4) is 16.3 Å². The van der Waals surface area contributed by atoms with Crippen LogP contribution in [-0.2, 0) is 0 Å². The summed E-state index contributed by atoms with van der Waals surface area (Å²) in [5, 5.41) is 8.95. The summed E-state index contributed by atoms with van der Waals surface area (Å²) in [5.74, 6) is -1.35. The van der Waals surface area contributed by atoms with Crippen LogP contribution in [0.25, 0.3) is 16.3 Å². The first kappa shape index (κ1) is 17.6. The molecule has 4 aromatic rings. The summed E-state index contributed by atoms with van der Waals surface area (Å²) in [5.41, 5.74) is 2.21. The Morgan fingerprint density at radius 3 is 2.70 bits per heavy atom. The molecule has 0 spiro atoms. The Kier molecular flexibility index (Phi) is 4.59. The highest BCUT2D eigenvalue weighted by Crippen LogP contribution is 2.36. The first-order chi connectivity index (χ1) is 13.0. The summed E-state index contributed by atoms with van der Waals surface area (Å²) < 4.78 is 29.1. The SMILES string of the molecule is Cc1ccc(Nc2nc(-c3ccc(F)cc3F)c(-n3cncn3)s2)cc1Cl. The Bertz CT molecular complexity index is 1110. The van der Waals surface area contributed by atoms with Gasteiger partial charge in [-0.2, -0.15) is 5.10 Å². The lowest BCUT2D eigenvalue weighted by Gasteiger charge is -2.04. The van der Waals surface area contributed by atoms with E-state index >= 15 is 0 Å². The molecule has 0 fully saturated rings. The molecule has 2 aromatic carbocycles. The number of rotatable bonds is 4. The second-order valence-electron chi connectivity index (χ2n) is 5.73. The largest absolute Gasteiger partial charge is 0.331 e. The van der Waals surface area contributed by atoms with Crippen molar-refractivity contribution in [1.82, 2.24) is 19.7 Å². The molecule has 0 saturated heterocycles. The third-order valence-corrected chi connectivity index (χ3v) is 5.21. The lowest BCUT2D eigenvalue weighted by atomic mass is 10.1. The van der Waals surface area contributed by atoms with Gasteiger partial charge in [0.05, 0.1) is 0 Å². The summed E-state index contributed by atoms with van der Waals surface area (Å²) in [7, 11) is 0. The lowest BCUT2D eigenvalue weighted by Crippen LogP contribution is -1.96. The van der Waals surface area contributed by atoms with Crippen LogP contribution in [0.4, 0.5) is 19.6 Å². The van der Waals surface area contributed by atoms with Crippen LogP contribution in [0.1, 0.15) is 5.56 Å². The van der Waals surface area contributed by atoms with Crippen molar-refractivity contribution in [2.24, 2.45) is 0 Å². The minimum Gasteiger partial charge on any atom is -0.331 e. The van der Waals surface area contributed by atoms with Crippen molar-refractivity contribution >= 4 is 33.8 Å². The second kappa shape index (κ2) is 7.05. The van der Waals surface area contributed by atoms with Gasteiger partial charge in [-0.25, -0.2) is 23.4 Å². The van der Waals surface area contributed by atoms with Crippen molar-refractivity contribution < 1.29 is 8.78 Å². The number of halogens is 3. The van der Waals surface area contributed by atoms with Crippen molar-refractivity contribution in [1.29, 1.82) is 0 Å². The maximum absolute atomic E-state index is 14.3. The molecular weight excluding hydrogens is 392 g/mol. The van der Waals surface area contributed by atoms with E-state index in [-0.39, 0.29) is 5.56 Å². The smallest absolute Gasteiger partial charge is 0.189 e. The predicted octanol–water partition coefficient (Wildman–Crippen LogP) is 5.37. The molecule has 0 aliphatic carbocycles. The van der Waals surface area contributed by atoms with Gasteiger partial charge in [-0.05, 0) is 36.8 Å². The summed E-state index contributed by atoms with van der Waals surface area (Å²) in [6.45, 7) is 1.91. The zero-order valence-electron chi connectivity index (χ0n) is 13.9. The van der Waals surface area contributed by atoms with Crippen molar-refractivity contribution in [3.05, 3.63) is 71.3 Å². The highest BCUT2D eigenvalue weighted by molar-refractivity contribution is 7.18. The maximum atomic E-state index is 14.3. The van der Waals surface area contributed by atoms with Gasteiger partial charge in [0.2, 0.25) is 0 Å². The van der Waals surface area contributed by atoms with Crippen molar-refractivity contribution in [2.45, 2.75) is 6.92 Å². The molecule has 0 amide bonds. The van der Waals surface area contributed by atoms with Crippen LogP contribution in [-0.4, -0.2) is 19.7 Å². The Morgan fingerprint density at radius 2 is 2.00 bits per heavy atom. The molecule has 0 atom stereocenters. The monoisotopic (exact) mass is 403 g/mol. The highest BCUT2D eigenvalue weighted by Gasteiger charge is 2.19. The normalized spacial score (nSPS) is 11.0. The quantitative estimate of drug-likeness (QED) is 0.497. The Balaban J connectivity index is 1.79. The molecule has 2 aromatic heterocycles. The summed E-state index contributed by atoms with van der Waals surface area (Å²) in [6, 6.07) is 8.91. The van der Waals surface area contributed by atoms with Crippen LogP contribution in [0.3, 0.4) is 0 Å². The van der Waals surface area contributed by atoms with Gasteiger partial charge in [0.15, 0.2) is 5.13 Å². The summed E-state index contributed by atoms with van der Waals surface area (Å²) in [6.07, 6.45) is 2.86. The topological polar surface area (TPSA) is 55.6 Å². The molecule has 0 saturated carbocycles.